The van der Waals surface area contributed by atoms with Gasteiger partial charge in [-0.2, -0.15) is 0 Å². The lowest BCUT2D eigenvalue weighted by atomic mass is 10.3. The number of hydrogen-bond donors (Lipinski definition) is 1. The third-order valence-electron chi connectivity index (χ3n) is 3.16. The predicted octanol–water partition coefficient (Wildman–Crippen LogP) is 2.10. The van der Waals surface area contributed by atoms with Crippen LogP contribution in [0.3, 0.4) is 0 Å². The smallest absolute Gasteiger partial charge is 0.240 e. The van der Waals surface area contributed by atoms with Gasteiger partial charge in [0.05, 0.1) is 11.0 Å². The zero-order valence-electron chi connectivity index (χ0n) is 12.1. The Hall–Kier alpha value is -1.88. The fraction of sp³-hybridized carbons (Fsp3) is 0.467. The van der Waals surface area contributed by atoms with E-state index in [1.165, 1.54) is 0 Å². The Bertz CT molecular complexity index is 578. The van der Waals surface area contributed by atoms with Crippen molar-refractivity contribution in [1.82, 2.24) is 14.9 Å². The standard InChI is InChI=1S/C15H21N3O2/c1-3-4-9-16-15(19)10-18-13-8-6-5-7-12(13)17-14(18)11-20-2/h5-8H,3-4,9-11H2,1-2H3,(H,16,19). The summed E-state index contributed by atoms with van der Waals surface area (Å²) in [4.78, 5) is 16.5. The summed E-state index contributed by atoms with van der Waals surface area (Å²) >= 11 is 0. The third kappa shape index (κ3) is 3.36. The van der Waals surface area contributed by atoms with Crippen LogP contribution in [-0.4, -0.2) is 29.1 Å². The van der Waals surface area contributed by atoms with Gasteiger partial charge in [0.1, 0.15) is 19.0 Å². The summed E-state index contributed by atoms with van der Waals surface area (Å²) < 4.78 is 7.08. The number of aromatic nitrogens is 2. The van der Waals surface area contributed by atoms with Gasteiger partial charge in [0, 0.05) is 13.7 Å². The molecule has 0 spiro atoms. The molecule has 0 aliphatic heterocycles. The Balaban J connectivity index is 2.18. The minimum atomic E-state index is 0.0129. The Labute approximate surface area is 118 Å². The third-order valence-corrected chi connectivity index (χ3v) is 3.16. The molecule has 1 aromatic carbocycles. The highest BCUT2D eigenvalue weighted by Crippen LogP contribution is 2.16. The van der Waals surface area contributed by atoms with Crippen molar-refractivity contribution in [2.24, 2.45) is 0 Å². The predicted molar refractivity (Wildman–Crippen MR) is 78.4 cm³/mol. The molecule has 108 valence electrons. The first-order valence-electron chi connectivity index (χ1n) is 6.96. The van der Waals surface area contributed by atoms with Crippen molar-refractivity contribution in [3.05, 3.63) is 30.1 Å². The molecule has 1 N–H and O–H groups in total. The lowest BCUT2D eigenvalue weighted by molar-refractivity contribution is -0.121. The maximum Gasteiger partial charge on any atom is 0.240 e. The molecule has 2 rings (SSSR count). The van der Waals surface area contributed by atoms with E-state index < -0.39 is 0 Å². The first-order chi connectivity index (χ1) is 9.76. The van der Waals surface area contributed by atoms with Crippen LogP contribution in [0.25, 0.3) is 11.0 Å². The van der Waals surface area contributed by atoms with Crippen molar-refractivity contribution < 1.29 is 9.53 Å². The van der Waals surface area contributed by atoms with Crippen LogP contribution in [-0.2, 0) is 22.7 Å². The lowest BCUT2D eigenvalue weighted by Crippen LogP contribution is -2.29. The van der Waals surface area contributed by atoms with Gasteiger partial charge in [-0.25, -0.2) is 4.98 Å². The van der Waals surface area contributed by atoms with Crippen molar-refractivity contribution in [3.8, 4) is 0 Å². The molecule has 0 saturated heterocycles. The van der Waals surface area contributed by atoms with E-state index in [1.54, 1.807) is 7.11 Å². The van der Waals surface area contributed by atoms with Crippen LogP contribution in [0.15, 0.2) is 24.3 Å². The minimum absolute atomic E-state index is 0.0129. The molecule has 5 nitrogen and oxygen atoms in total. The number of para-hydroxylation sites is 2. The average Bonchev–Trinajstić information content (AvgIpc) is 2.78. The first-order valence-corrected chi connectivity index (χ1v) is 6.96. The summed E-state index contributed by atoms with van der Waals surface area (Å²) in [5.74, 6) is 0.790. The van der Waals surface area contributed by atoms with Crippen molar-refractivity contribution in [2.75, 3.05) is 13.7 Å². The molecule has 20 heavy (non-hydrogen) atoms. The van der Waals surface area contributed by atoms with Gasteiger partial charge in [-0.05, 0) is 18.6 Å². The maximum atomic E-state index is 12.0. The van der Waals surface area contributed by atoms with E-state index >= 15 is 0 Å². The molecule has 0 unspecified atom stereocenters. The van der Waals surface area contributed by atoms with Crippen LogP contribution in [0.5, 0.6) is 0 Å². The van der Waals surface area contributed by atoms with Crippen molar-refractivity contribution in [1.29, 1.82) is 0 Å². The van der Waals surface area contributed by atoms with Crippen molar-refractivity contribution >= 4 is 16.9 Å². The molecular weight excluding hydrogens is 254 g/mol. The van der Waals surface area contributed by atoms with Crippen molar-refractivity contribution in [3.63, 3.8) is 0 Å². The number of rotatable bonds is 7. The van der Waals surface area contributed by atoms with E-state index in [9.17, 15) is 4.79 Å². The highest BCUT2D eigenvalue weighted by Gasteiger charge is 2.12. The van der Waals surface area contributed by atoms with Crippen LogP contribution in [0.2, 0.25) is 0 Å². The minimum Gasteiger partial charge on any atom is -0.377 e. The second-order valence-corrected chi connectivity index (χ2v) is 4.74. The van der Waals surface area contributed by atoms with Crippen molar-refractivity contribution in [2.45, 2.75) is 32.9 Å². The Morgan fingerprint density at radius 3 is 2.95 bits per heavy atom. The second-order valence-electron chi connectivity index (χ2n) is 4.74. The van der Waals surface area contributed by atoms with Crippen LogP contribution in [0, 0.1) is 0 Å². The molecule has 0 radical (unpaired) electrons. The summed E-state index contributed by atoms with van der Waals surface area (Å²) in [6.45, 7) is 3.51. The zero-order valence-corrected chi connectivity index (χ0v) is 12.1. The van der Waals surface area contributed by atoms with E-state index in [0.717, 1.165) is 36.2 Å². The van der Waals surface area contributed by atoms with E-state index in [4.69, 9.17) is 4.74 Å². The van der Waals surface area contributed by atoms with Gasteiger partial charge in [-0.1, -0.05) is 25.5 Å². The first kappa shape index (κ1) is 14.5. The normalized spacial score (nSPS) is 10.9. The van der Waals surface area contributed by atoms with Gasteiger partial charge < -0.3 is 14.6 Å². The molecule has 1 heterocycles. The molecule has 0 atom stereocenters. The number of benzene rings is 1. The Morgan fingerprint density at radius 1 is 1.40 bits per heavy atom. The number of ether oxygens (including phenoxy) is 1. The molecular formula is C15H21N3O2. The van der Waals surface area contributed by atoms with Gasteiger partial charge in [-0.3, -0.25) is 4.79 Å². The zero-order chi connectivity index (χ0) is 14.4. The summed E-state index contributed by atoms with van der Waals surface area (Å²) in [5.41, 5.74) is 1.85. The number of nitrogens with one attached hydrogen (secondary N) is 1. The topological polar surface area (TPSA) is 56.2 Å². The summed E-state index contributed by atoms with van der Waals surface area (Å²) in [6.07, 6.45) is 2.07. The van der Waals surface area contributed by atoms with Gasteiger partial charge >= 0.3 is 0 Å². The van der Waals surface area contributed by atoms with Crippen LogP contribution < -0.4 is 5.32 Å². The lowest BCUT2D eigenvalue weighted by Gasteiger charge is -2.09. The quantitative estimate of drug-likeness (QED) is 0.787. The largest absolute Gasteiger partial charge is 0.377 e. The number of imidazole rings is 1. The van der Waals surface area contributed by atoms with Crippen LogP contribution in [0.1, 0.15) is 25.6 Å². The van der Waals surface area contributed by atoms with E-state index in [-0.39, 0.29) is 12.5 Å². The highest BCUT2D eigenvalue weighted by atomic mass is 16.5. The average molecular weight is 275 g/mol. The Kier molecular flexibility index (Phi) is 5.12. The number of methoxy groups -OCH3 is 1. The molecule has 1 amide bonds. The molecule has 1 aromatic heterocycles. The molecule has 0 saturated carbocycles. The molecule has 0 bridgehead atoms. The number of hydrogen-bond acceptors (Lipinski definition) is 3. The number of nitrogens with zero attached hydrogens (tertiary/aromatic N) is 2. The monoisotopic (exact) mass is 275 g/mol. The molecule has 0 fully saturated rings. The fourth-order valence-corrected chi connectivity index (χ4v) is 2.15. The van der Waals surface area contributed by atoms with Gasteiger partial charge in [0.2, 0.25) is 5.91 Å². The van der Waals surface area contributed by atoms with E-state index in [2.05, 4.69) is 17.2 Å². The SMILES string of the molecule is CCCCNC(=O)Cn1c(COC)nc2ccccc21. The second kappa shape index (κ2) is 7.05. The Morgan fingerprint density at radius 2 is 2.20 bits per heavy atom. The van der Waals surface area contributed by atoms with Crippen LogP contribution >= 0.6 is 0 Å². The van der Waals surface area contributed by atoms with Gasteiger partial charge in [0.25, 0.3) is 0 Å². The number of carbonyl (C=O) groups is 1. The van der Waals surface area contributed by atoms with Gasteiger partial charge in [-0.15, -0.1) is 0 Å². The molecule has 2 aromatic rings. The number of fused-ring (bicyclic) bond motifs is 1. The molecule has 0 aliphatic rings. The van der Waals surface area contributed by atoms with Gasteiger partial charge in [0.15, 0.2) is 0 Å². The molecule has 0 aliphatic carbocycles. The number of unbranched alkanes of at least 4 members (excludes halogenated alkanes) is 1. The highest BCUT2D eigenvalue weighted by molar-refractivity contribution is 5.81. The van der Waals surface area contributed by atoms with E-state index in [1.807, 2.05) is 28.8 Å². The summed E-state index contributed by atoms with van der Waals surface area (Å²) in [5, 5.41) is 2.93. The van der Waals surface area contributed by atoms with Crippen LogP contribution in [0.4, 0.5) is 0 Å². The number of carbonyl (C=O) groups excluding carboxylic acids is 1. The number of amides is 1. The van der Waals surface area contributed by atoms with E-state index in [0.29, 0.717) is 6.61 Å². The summed E-state index contributed by atoms with van der Waals surface area (Å²) in [7, 11) is 1.63. The summed E-state index contributed by atoms with van der Waals surface area (Å²) in [6, 6.07) is 7.81. The molecule has 5 heteroatoms. The maximum absolute atomic E-state index is 12.0. The fourth-order valence-electron chi connectivity index (χ4n) is 2.15.